The van der Waals surface area contributed by atoms with Crippen molar-refractivity contribution in [3.05, 3.63) is 61.8 Å². The quantitative estimate of drug-likeness (QED) is 0.683. The van der Waals surface area contributed by atoms with E-state index in [1.165, 1.54) is 34.0 Å². The van der Waals surface area contributed by atoms with Crippen LogP contribution in [0.25, 0.3) is 0 Å². The molecule has 0 aliphatic rings. The first-order valence-corrected chi connectivity index (χ1v) is 10.9. The maximum Gasteiger partial charge on any atom is 0.250 e. The first-order valence-electron chi connectivity index (χ1n) is 6.77. The van der Waals surface area contributed by atoms with Crippen molar-refractivity contribution >= 4 is 44.0 Å². The second-order valence-corrected chi connectivity index (χ2v) is 10.0. The minimum absolute atomic E-state index is 0.108. The van der Waals surface area contributed by atoms with E-state index in [1.54, 1.807) is 12.1 Å². The van der Waals surface area contributed by atoms with Crippen LogP contribution >= 0.6 is 34.0 Å². The standard InChI is InChI=1S/C15H15NO3S4/c1-11-4-5-14(22-11)23(18,19)16-10-15(17,12-6-8-20-9-12)13-3-2-7-21-13/h2-9,16-17H,10H2,1H3/t15-/m1/s1. The Morgan fingerprint density at radius 1 is 1.22 bits per heavy atom. The van der Waals surface area contributed by atoms with E-state index in [0.717, 1.165) is 4.88 Å². The molecule has 0 amide bonds. The van der Waals surface area contributed by atoms with Crippen LogP contribution in [0, 0.1) is 6.92 Å². The number of nitrogens with one attached hydrogen (secondary N) is 1. The van der Waals surface area contributed by atoms with Crippen LogP contribution in [-0.4, -0.2) is 20.1 Å². The van der Waals surface area contributed by atoms with Crippen molar-refractivity contribution in [1.82, 2.24) is 4.72 Å². The van der Waals surface area contributed by atoms with Gasteiger partial charge in [-0.25, -0.2) is 13.1 Å². The number of hydrogen-bond donors (Lipinski definition) is 2. The number of aryl methyl sites for hydroxylation is 1. The van der Waals surface area contributed by atoms with Gasteiger partial charge in [-0.2, -0.15) is 11.3 Å². The lowest BCUT2D eigenvalue weighted by Gasteiger charge is -2.26. The molecule has 8 heteroatoms. The molecule has 0 unspecified atom stereocenters. The van der Waals surface area contributed by atoms with Crippen LogP contribution in [0.15, 0.2) is 50.7 Å². The molecule has 0 radical (unpaired) electrons. The second kappa shape index (κ2) is 6.46. The molecule has 2 N–H and O–H groups in total. The molecule has 0 aliphatic carbocycles. The minimum Gasteiger partial charge on any atom is -0.378 e. The van der Waals surface area contributed by atoms with Gasteiger partial charge in [0.15, 0.2) is 0 Å². The normalized spacial score (nSPS) is 14.7. The fourth-order valence-electron chi connectivity index (χ4n) is 2.17. The maximum atomic E-state index is 12.4. The van der Waals surface area contributed by atoms with E-state index >= 15 is 0 Å². The average Bonchev–Trinajstić information content (AvgIpc) is 3.25. The maximum absolute atomic E-state index is 12.4. The zero-order chi connectivity index (χ0) is 16.5. The minimum atomic E-state index is -3.64. The molecule has 3 rings (SSSR count). The molecule has 0 spiro atoms. The topological polar surface area (TPSA) is 66.4 Å². The molecule has 4 nitrogen and oxygen atoms in total. The Kier molecular flexibility index (Phi) is 4.73. The summed E-state index contributed by atoms with van der Waals surface area (Å²) in [6, 6.07) is 8.81. The van der Waals surface area contributed by atoms with E-state index < -0.39 is 15.6 Å². The third-order valence-corrected chi connectivity index (χ3v) is 8.02. The van der Waals surface area contributed by atoms with Crippen molar-refractivity contribution in [3.8, 4) is 0 Å². The second-order valence-electron chi connectivity index (χ2n) is 5.04. The molecule has 0 aliphatic heterocycles. The Bertz CT molecular complexity index is 830. The molecule has 0 fully saturated rings. The highest BCUT2D eigenvalue weighted by Crippen LogP contribution is 2.34. The summed E-state index contributed by atoms with van der Waals surface area (Å²) in [6.07, 6.45) is 0. The molecule has 0 aromatic carbocycles. The fraction of sp³-hybridized carbons (Fsp3) is 0.200. The Balaban J connectivity index is 1.89. The highest BCUT2D eigenvalue weighted by Gasteiger charge is 2.35. The van der Waals surface area contributed by atoms with Gasteiger partial charge in [-0.05, 0) is 47.3 Å². The SMILES string of the molecule is Cc1ccc(S(=O)(=O)NC[C@@](O)(c2ccsc2)c2cccs2)s1. The Morgan fingerprint density at radius 2 is 2.04 bits per heavy atom. The first kappa shape index (κ1) is 16.8. The van der Waals surface area contributed by atoms with Crippen LogP contribution in [0.5, 0.6) is 0 Å². The van der Waals surface area contributed by atoms with Gasteiger partial charge in [-0.3, -0.25) is 0 Å². The monoisotopic (exact) mass is 385 g/mol. The summed E-state index contributed by atoms with van der Waals surface area (Å²) >= 11 is 4.08. The number of aliphatic hydroxyl groups is 1. The summed E-state index contributed by atoms with van der Waals surface area (Å²) in [5.74, 6) is 0. The van der Waals surface area contributed by atoms with Gasteiger partial charge >= 0.3 is 0 Å². The van der Waals surface area contributed by atoms with E-state index in [4.69, 9.17) is 0 Å². The van der Waals surface area contributed by atoms with Gasteiger partial charge in [-0.15, -0.1) is 22.7 Å². The smallest absolute Gasteiger partial charge is 0.250 e. The van der Waals surface area contributed by atoms with Crippen LogP contribution in [-0.2, 0) is 15.6 Å². The van der Waals surface area contributed by atoms with E-state index in [0.29, 0.717) is 10.4 Å². The molecule has 0 bridgehead atoms. The summed E-state index contributed by atoms with van der Waals surface area (Å²) in [5.41, 5.74) is -0.678. The summed E-state index contributed by atoms with van der Waals surface area (Å²) in [7, 11) is -3.64. The molecule has 23 heavy (non-hydrogen) atoms. The molecule has 122 valence electrons. The van der Waals surface area contributed by atoms with E-state index in [-0.39, 0.29) is 10.8 Å². The van der Waals surface area contributed by atoms with E-state index in [2.05, 4.69) is 4.72 Å². The number of sulfonamides is 1. The van der Waals surface area contributed by atoms with Gasteiger partial charge < -0.3 is 5.11 Å². The highest BCUT2D eigenvalue weighted by atomic mass is 32.2. The van der Waals surface area contributed by atoms with Crippen molar-refractivity contribution in [3.63, 3.8) is 0 Å². The molecule has 1 atom stereocenters. The summed E-state index contributed by atoms with van der Waals surface area (Å²) < 4.78 is 27.7. The summed E-state index contributed by atoms with van der Waals surface area (Å²) in [5, 5.41) is 16.7. The molecular weight excluding hydrogens is 370 g/mol. The Hall–Kier alpha value is -1.03. The fourth-order valence-corrected chi connectivity index (χ4v) is 6.13. The predicted molar refractivity (Wildman–Crippen MR) is 95.9 cm³/mol. The predicted octanol–water partition coefficient (Wildman–Crippen LogP) is 3.39. The van der Waals surface area contributed by atoms with Crippen LogP contribution in [0.4, 0.5) is 0 Å². The molecular formula is C15H15NO3S4. The average molecular weight is 386 g/mol. The number of thiophene rings is 3. The lowest BCUT2D eigenvalue weighted by atomic mass is 9.95. The zero-order valence-corrected chi connectivity index (χ0v) is 15.5. The zero-order valence-electron chi connectivity index (χ0n) is 12.2. The summed E-state index contributed by atoms with van der Waals surface area (Å²) in [4.78, 5) is 1.64. The Labute approximate surface area is 147 Å². The van der Waals surface area contributed by atoms with Gasteiger partial charge in [0, 0.05) is 21.9 Å². The van der Waals surface area contributed by atoms with E-state index in [9.17, 15) is 13.5 Å². The lowest BCUT2D eigenvalue weighted by Crippen LogP contribution is -2.40. The largest absolute Gasteiger partial charge is 0.378 e. The van der Waals surface area contributed by atoms with Crippen LogP contribution in [0.1, 0.15) is 15.3 Å². The van der Waals surface area contributed by atoms with Gasteiger partial charge in [-0.1, -0.05) is 6.07 Å². The third-order valence-electron chi connectivity index (χ3n) is 3.43. The molecule has 3 heterocycles. The van der Waals surface area contributed by atoms with Gasteiger partial charge in [0.2, 0.25) is 10.0 Å². The Morgan fingerprint density at radius 3 is 2.61 bits per heavy atom. The number of rotatable bonds is 6. The van der Waals surface area contributed by atoms with Gasteiger partial charge in [0.05, 0.1) is 0 Å². The van der Waals surface area contributed by atoms with Crippen molar-refractivity contribution in [2.75, 3.05) is 6.54 Å². The number of hydrogen-bond acceptors (Lipinski definition) is 6. The van der Waals surface area contributed by atoms with Crippen LogP contribution in [0.2, 0.25) is 0 Å². The van der Waals surface area contributed by atoms with Gasteiger partial charge in [0.25, 0.3) is 0 Å². The van der Waals surface area contributed by atoms with Crippen LogP contribution < -0.4 is 4.72 Å². The highest BCUT2D eigenvalue weighted by molar-refractivity contribution is 7.91. The lowest BCUT2D eigenvalue weighted by molar-refractivity contribution is 0.0903. The van der Waals surface area contributed by atoms with Crippen molar-refractivity contribution < 1.29 is 13.5 Å². The van der Waals surface area contributed by atoms with Crippen molar-refractivity contribution in [2.24, 2.45) is 0 Å². The van der Waals surface area contributed by atoms with Crippen LogP contribution in [0.3, 0.4) is 0 Å². The third kappa shape index (κ3) is 3.42. The molecule has 3 aromatic heterocycles. The summed E-state index contributed by atoms with van der Waals surface area (Å²) in [6.45, 7) is 1.75. The molecule has 0 saturated carbocycles. The van der Waals surface area contributed by atoms with E-state index in [1.807, 2.05) is 41.3 Å². The molecule has 0 saturated heterocycles. The first-order chi connectivity index (χ1) is 10.9. The van der Waals surface area contributed by atoms with Crippen molar-refractivity contribution in [2.45, 2.75) is 16.7 Å². The van der Waals surface area contributed by atoms with Gasteiger partial charge in [0.1, 0.15) is 9.81 Å². The van der Waals surface area contributed by atoms with Crippen molar-refractivity contribution in [1.29, 1.82) is 0 Å². The molecule has 3 aromatic rings.